The van der Waals surface area contributed by atoms with Crippen molar-refractivity contribution < 1.29 is 23.9 Å². The number of carbonyl (C=O) groups is 3. The SMILES string of the molecule is CCOC(=O)CCC(=O)Nc1cnn(CC(=O)OC)c1. The van der Waals surface area contributed by atoms with E-state index in [4.69, 9.17) is 4.74 Å². The summed E-state index contributed by atoms with van der Waals surface area (Å²) in [5, 5.41) is 6.46. The average molecular weight is 283 g/mol. The zero-order valence-electron chi connectivity index (χ0n) is 11.4. The third-order valence-corrected chi connectivity index (χ3v) is 2.30. The van der Waals surface area contributed by atoms with E-state index in [0.717, 1.165) is 0 Å². The maximum atomic E-state index is 11.6. The van der Waals surface area contributed by atoms with Crippen molar-refractivity contribution in [3.63, 3.8) is 0 Å². The quantitative estimate of drug-likeness (QED) is 0.724. The normalized spacial score (nSPS) is 9.90. The molecule has 0 radical (unpaired) electrons. The van der Waals surface area contributed by atoms with Crippen LogP contribution in [-0.4, -0.2) is 41.3 Å². The highest BCUT2D eigenvalue weighted by molar-refractivity contribution is 5.92. The second-order valence-electron chi connectivity index (χ2n) is 3.86. The van der Waals surface area contributed by atoms with Crippen LogP contribution < -0.4 is 5.32 Å². The fourth-order valence-electron chi connectivity index (χ4n) is 1.38. The summed E-state index contributed by atoms with van der Waals surface area (Å²) in [4.78, 5) is 33.7. The van der Waals surface area contributed by atoms with Crippen LogP contribution in [0.3, 0.4) is 0 Å². The van der Waals surface area contributed by atoms with E-state index < -0.39 is 11.9 Å². The molecule has 0 aliphatic heterocycles. The zero-order chi connectivity index (χ0) is 15.0. The van der Waals surface area contributed by atoms with Gasteiger partial charge in [-0.05, 0) is 6.92 Å². The van der Waals surface area contributed by atoms with Crippen LogP contribution in [0.2, 0.25) is 0 Å². The summed E-state index contributed by atoms with van der Waals surface area (Å²) >= 11 is 0. The van der Waals surface area contributed by atoms with E-state index in [-0.39, 0.29) is 25.3 Å². The van der Waals surface area contributed by atoms with Crippen LogP contribution in [0.25, 0.3) is 0 Å². The van der Waals surface area contributed by atoms with Crippen molar-refractivity contribution >= 4 is 23.5 Å². The molecule has 0 aliphatic carbocycles. The molecule has 8 nitrogen and oxygen atoms in total. The van der Waals surface area contributed by atoms with Gasteiger partial charge in [0, 0.05) is 12.6 Å². The predicted octanol–water partition coefficient (Wildman–Crippen LogP) is 0.338. The van der Waals surface area contributed by atoms with Crippen molar-refractivity contribution in [3.05, 3.63) is 12.4 Å². The van der Waals surface area contributed by atoms with Gasteiger partial charge < -0.3 is 14.8 Å². The lowest BCUT2D eigenvalue weighted by Gasteiger charge is -2.02. The van der Waals surface area contributed by atoms with E-state index in [1.165, 1.54) is 24.2 Å². The van der Waals surface area contributed by atoms with Gasteiger partial charge in [-0.1, -0.05) is 0 Å². The van der Waals surface area contributed by atoms with E-state index in [1.807, 2.05) is 0 Å². The van der Waals surface area contributed by atoms with E-state index >= 15 is 0 Å². The Morgan fingerprint density at radius 3 is 2.70 bits per heavy atom. The Bertz CT molecular complexity index is 483. The molecule has 0 unspecified atom stereocenters. The second-order valence-corrected chi connectivity index (χ2v) is 3.86. The van der Waals surface area contributed by atoms with Gasteiger partial charge in [-0.3, -0.25) is 19.1 Å². The number of carbonyl (C=O) groups excluding carboxylic acids is 3. The number of amides is 1. The Hall–Kier alpha value is -2.38. The minimum Gasteiger partial charge on any atom is -0.468 e. The van der Waals surface area contributed by atoms with E-state index in [0.29, 0.717) is 12.3 Å². The van der Waals surface area contributed by atoms with Gasteiger partial charge in [-0.25, -0.2) is 0 Å². The maximum absolute atomic E-state index is 11.6. The molecule has 0 spiro atoms. The molecule has 1 rings (SSSR count). The monoisotopic (exact) mass is 283 g/mol. The topological polar surface area (TPSA) is 99.5 Å². The van der Waals surface area contributed by atoms with Crippen LogP contribution in [0.4, 0.5) is 5.69 Å². The Kier molecular flexibility index (Phi) is 6.21. The molecule has 0 bridgehead atoms. The van der Waals surface area contributed by atoms with Crippen molar-refractivity contribution in [1.29, 1.82) is 0 Å². The standard InChI is InChI=1S/C12H17N3O5/c1-3-20-11(17)5-4-10(16)14-9-6-13-15(7-9)8-12(18)19-2/h6-7H,3-5,8H2,1-2H3,(H,14,16). The average Bonchev–Trinajstić information content (AvgIpc) is 2.83. The highest BCUT2D eigenvalue weighted by Gasteiger charge is 2.09. The number of esters is 2. The highest BCUT2D eigenvalue weighted by atomic mass is 16.5. The molecule has 0 atom stereocenters. The number of hydrogen-bond acceptors (Lipinski definition) is 6. The lowest BCUT2D eigenvalue weighted by atomic mass is 10.3. The first-order valence-corrected chi connectivity index (χ1v) is 6.10. The second kappa shape index (κ2) is 7.93. The molecular formula is C12H17N3O5. The molecule has 1 heterocycles. The first-order valence-electron chi connectivity index (χ1n) is 6.10. The predicted molar refractivity (Wildman–Crippen MR) is 68.7 cm³/mol. The molecule has 0 saturated carbocycles. The summed E-state index contributed by atoms with van der Waals surface area (Å²) in [6.45, 7) is 1.96. The van der Waals surface area contributed by atoms with Crippen LogP contribution in [0.5, 0.6) is 0 Å². The van der Waals surface area contributed by atoms with Crippen molar-refractivity contribution in [1.82, 2.24) is 9.78 Å². The smallest absolute Gasteiger partial charge is 0.327 e. The van der Waals surface area contributed by atoms with Crippen molar-refractivity contribution in [2.45, 2.75) is 26.3 Å². The Balaban J connectivity index is 2.38. The van der Waals surface area contributed by atoms with Crippen LogP contribution >= 0.6 is 0 Å². The van der Waals surface area contributed by atoms with Crippen LogP contribution in [-0.2, 0) is 30.4 Å². The van der Waals surface area contributed by atoms with E-state index in [1.54, 1.807) is 6.92 Å². The molecule has 0 saturated heterocycles. The first-order chi connectivity index (χ1) is 9.55. The Morgan fingerprint density at radius 2 is 2.05 bits per heavy atom. The maximum Gasteiger partial charge on any atom is 0.327 e. The Labute approximate surface area is 116 Å². The largest absolute Gasteiger partial charge is 0.468 e. The van der Waals surface area contributed by atoms with E-state index in [9.17, 15) is 14.4 Å². The number of methoxy groups -OCH3 is 1. The van der Waals surface area contributed by atoms with E-state index in [2.05, 4.69) is 15.2 Å². The molecule has 110 valence electrons. The van der Waals surface area contributed by atoms with Crippen LogP contribution in [0.1, 0.15) is 19.8 Å². The minimum atomic E-state index is -0.437. The highest BCUT2D eigenvalue weighted by Crippen LogP contribution is 2.06. The lowest BCUT2D eigenvalue weighted by Crippen LogP contribution is -2.14. The summed E-state index contributed by atoms with van der Waals surface area (Å²) in [6, 6.07) is 0. The number of aromatic nitrogens is 2. The lowest BCUT2D eigenvalue weighted by molar-refractivity contribution is -0.144. The number of hydrogen-bond donors (Lipinski definition) is 1. The molecule has 1 aromatic heterocycles. The zero-order valence-corrected chi connectivity index (χ0v) is 11.4. The van der Waals surface area contributed by atoms with Crippen LogP contribution in [0, 0.1) is 0 Å². The summed E-state index contributed by atoms with van der Waals surface area (Å²) in [5.41, 5.74) is 0.447. The van der Waals surface area contributed by atoms with Gasteiger partial charge in [0.1, 0.15) is 6.54 Å². The molecule has 0 aromatic carbocycles. The fraction of sp³-hybridized carbons (Fsp3) is 0.500. The summed E-state index contributed by atoms with van der Waals surface area (Å²) in [5.74, 6) is -1.17. The van der Waals surface area contributed by atoms with Gasteiger partial charge in [0.2, 0.25) is 5.91 Å². The van der Waals surface area contributed by atoms with Crippen molar-refractivity contribution in [2.24, 2.45) is 0 Å². The minimum absolute atomic E-state index is 0.0238. The molecule has 1 amide bonds. The third kappa shape index (κ3) is 5.51. The van der Waals surface area contributed by atoms with Crippen molar-refractivity contribution in [3.8, 4) is 0 Å². The molecular weight excluding hydrogens is 266 g/mol. The van der Waals surface area contributed by atoms with Gasteiger partial charge in [-0.2, -0.15) is 5.10 Å². The number of anilines is 1. The van der Waals surface area contributed by atoms with Crippen LogP contribution in [0.15, 0.2) is 12.4 Å². The molecule has 20 heavy (non-hydrogen) atoms. The van der Waals surface area contributed by atoms with Gasteiger partial charge >= 0.3 is 11.9 Å². The van der Waals surface area contributed by atoms with Gasteiger partial charge in [-0.15, -0.1) is 0 Å². The Morgan fingerprint density at radius 1 is 1.30 bits per heavy atom. The third-order valence-electron chi connectivity index (χ3n) is 2.30. The molecule has 1 N–H and O–H groups in total. The summed E-state index contributed by atoms with van der Waals surface area (Å²) in [7, 11) is 1.28. The van der Waals surface area contributed by atoms with Gasteiger partial charge in [0.15, 0.2) is 0 Å². The van der Waals surface area contributed by atoms with Gasteiger partial charge in [0.25, 0.3) is 0 Å². The molecule has 0 fully saturated rings. The summed E-state index contributed by atoms with van der Waals surface area (Å²) in [6.07, 6.45) is 2.96. The summed E-state index contributed by atoms with van der Waals surface area (Å²) < 4.78 is 10.5. The fourth-order valence-corrected chi connectivity index (χ4v) is 1.38. The number of rotatable bonds is 7. The number of ether oxygens (including phenoxy) is 2. The molecule has 0 aliphatic rings. The first kappa shape index (κ1) is 15.7. The number of nitrogens with zero attached hydrogens (tertiary/aromatic N) is 2. The van der Waals surface area contributed by atoms with Gasteiger partial charge in [0.05, 0.1) is 32.0 Å². The van der Waals surface area contributed by atoms with Crippen molar-refractivity contribution in [2.75, 3.05) is 19.0 Å². The molecule has 8 heteroatoms. The molecule has 1 aromatic rings. The number of nitrogens with one attached hydrogen (secondary N) is 1.